The molecule has 1 aliphatic heterocycles. The average Bonchev–Trinajstić information content (AvgIpc) is 3.10. The maximum atomic E-state index is 11.7. The van der Waals surface area contributed by atoms with E-state index in [0.717, 1.165) is 55.0 Å². The minimum absolute atomic E-state index is 0.322. The molecule has 4 rings (SSSR count). The van der Waals surface area contributed by atoms with E-state index >= 15 is 0 Å². The van der Waals surface area contributed by atoms with Crippen molar-refractivity contribution in [2.24, 2.45) is 5.92 Å². The maximum absolute atomic E-state index is 11.7. The molecule has 6 nitrogen and oxygen atoms in total. The summed E-state index contributed by atoms with van der Waals surface area (Å²) in [6, 6.07) is 10.9. The van der Waals surface area contributed by atoms with Gasteiger partial charge in [0.05, 0.1) is 23.2 Å². The molecular formula is C20H23N3O3S. The molecule has 0 radical (unpaired) electrons. The lowest BCUT2D eigenvalue weighted by atomic mass is 9.99. The molecule has 3 heterocycles. The first-order chi connectivity index (χ1) is 13.0. The number of fused-ring (bicyclic) bond motifs is 1. The highest BCUT2D eigenvalue weighted by Crippen LogP contribution is 2.24. The lowest BCUT2D eigenvalue weighted by Gasteiger charge is -2.22. The van der Waals surface area contributed by atoms with E-state index in [-0.39, 0.29) is 0 Å². The van der Waals surface area contributed by atoms with Crippen LogP contribution in [-0.4, -0.2) is 43.9 Å². The molecule has 1 fully saturated rings. The average molecular weight is 385 g/mol. The third kappa shape index (κ3) is 3.99. The summed E-state index contributed by atoms with van der Waals surface area (Å²) in [6.07, 6.45) is 7.16. The number of hydrogen-bond donors (Lipinski definition) is 1. The van der Waals surface area contributed by atoms with Gasteiger partial charge in [-0.1, -0.05) is 0 Å². The second kappa shape index (κ2) is 7.32. The van der Waals surface area contributed by atoms with Gasteiger partial charge in [0, 0.05) is 17.8 Å². The van der Waals surface area contributed by atoms with E-state index in [2.05, 4.69) is 10.3 Å². The first kappa shape index (κ1) is 18.0. The lowest BCUT2D eigenvalue weighted by Crippen LogP contribution is -2.30. The van der Waals surface area contributed by atoms with Gasteiger partial charge in [0.25, 0.3) is 0 Å². The number of ether oxygens (including phenoxy) is 1. The van der Waals surface area contributed by atoms with Crippen molar-refractivity contribution in [1.82, 2.24) is 14.9 Å². The molecule has 1 N–H and O–H groups in total. The molecule has 7 heteroatoms. The highest BCUT2D eigenvalue weighted by atomic mass is 32.2. The maximum Gasteiger partial charge on any atom is 0.175 e. The Morgan fingerprint density at radius 2 is 2.00 bits per heavy atom. The Bertz CT molecular complexity index is 1040. The molecule has 0 unspecified atom stereocenters. The van der Waals surface area contributed by atoms with Crippen molar-refractivity contribution >= 4 is 20.7 Å². The number of aromatic nitrogens is 2. The zero-order valence-electron chi connectivity index (χ0n) is 15.3. The highest BCUT2D eigenvalue weighted by molar-refractivity contribution is 7.90. The Morgan fingerprint density at radius 3 is 2.70 bits per heavy atom. The van der Waals surface area contributed by atoms with Crippen LogP contribution in [-0.2, 0) is 9.84 Å². The quantitative estimate of drug-likeness (QED) is 0.731. The molecule has 0 spiro atoms. The van der Waals surface area contributed by atoms with Crippen molar-refractivity contribution in [3.05, 3.63) is 48.8 Å². The van der Waals surface area contributed by atoms with Crippen LogP contribution in [0, 0.1) is 5.92 Å². The van der Waals surface area contributed by atoms with Crippen LogP contribution in [0.25, 0.3) is 16.7 Å². The molecule has 0 amide bonds. The van der Waals surface area contributed by atoms with Crippen molar-refractivity contribution in [1.29, 1.82) is 0 Å². The van der Waals surface area contributed by atoms with Crippen molar-refractivity contribution < 1.29 is 13.2 Å². The zero-order chi connectivity index (χ0) is 18.9. The van der Waals surface area contributed by atoms with E-state index in [1.165, 1.54) is 6.26 Å². The Balaban J connectivity index is 1.51. The Kier molecular flexibility index (Phi) is 4.88. The number of nitrogens with one attached hydrogen (secondary N) is 1. The number of nitrogens with zero attached hydrogens (tertiary/aromatic N) is 2. The number of benzene rings is 1. The molecule has 142 valence electrons. The van der Waals surface area contributed by atoms with E-state index in [1.807, 2.05) is 35.0 Å². The van der Waals surface area contributed by atoms with E-state index in [4.69, 9.17) is 4.74 Å². The first-order valence-corrected chi connectivity index (χ1v) is 11.0. The molecule has 27 heavy (non-hydrogen) atoms. The number of sulfone groups is 1. The molecule has 1 saturated heterocycles. The van der Waals surface area contributed by atoms with E-state index in [1.54, 1.807) is 18.3 Å². The van der Waals surface area contributed by atoms with Crippen molar-refractivity contribution in [2.45, 2.75) is 17.7 Å². The Labute approximate surface area is 159 Å². The molecule has 1 aromatic carbocycles. The van der Waals surface area contributed by atoms with E-state index < -0.39 is 9.84 Å². The molecule has 0 bridgehead atoms. The summed E-state index contributed by atoms with van der Waals surface area (Å²) in [4.78, 5) is 4.84. The zero-order valence-corrected chi connectivity index (χ0v) is 16.1. The highest BCUT2D eigenvalue weighted by Gasteiger charge is 2.14. The fraction of sp³-hybridized carbons (Fsp3) is 0.350. The number of piperidine rings is 1. The minimum atomic E-state index is -3.22. The third-order valence-electron chi connectivity index (χ3n) is 5.00. The molecular weight excluding hydrogens is 362 g/mol. The van der Waals surface area contributed by atoms with E-state index in [0.29, 0.717) is 10.8 Å². The molecule has 3 aromatic rings. The number of rotatable bonds is 5. The summed E-state index contributed by atoms with van der Waals surface area (Å²) in [6.45, 7) is 2.85. The topological polar surface area (TPSA) is 73.2 Å². The summed E-state index contributed by atoms with van der Waals surface area (Å²) in [7, 11) is -3.22. The number of pyridine rings is 1. The van der Waals surface area contributed by atoms with Crippen LogP contribution in [0.15, 0.2) is 53.7 Å². The number of hydrogen-bond acceptors (Lipinski definition) is 5. The second-order valence-corrected chi connectivity index (χ2v) is 9.05. The van der Waals surface area contributed by atoms with Gasteiger partial charge in [-0.15, -0.1) is 0 Å². The lowest BCUT2D eigenvalue weighted by molar-refractivity contribution is 0.214. The van der Waals surface area contributed by atoms with Crippen LogP contribution in [0.3, 0.4) is 0 Å². The van der Waals surface area contributed by atoms with Gasteiger partial charge in [-0.25, -0.2) is 13.4 Å². The molecule has 1 aliphatic rings. The fourth-order valence-electron chi connectivity index (χ4n) is 3.41. The molecule has 0 saturated carbocycles. The minimum Gasteiger partial charge on any atom is -0.492 e. The van der Waals surface area contributed by atoms with Gasteiger partial charge in [0.15, 0.2) is 9.84 Å². The van der Waals surface area contributed by atoms with Gasteiger partial charge < -0.3 is 14.6 Å². The largest absolute Gasteiger partial charge is 0.492 e. The predicted molar refractivity (Wildman–Crippen MR) is 105 cm³/mol. The predicted octanol–water partition coefficient (Wildman–Crippen LogP) is 2.81. The van der Waals surface area contributed by atoms with Crippen LogP contribution in [0.4, 0.5) is 0 Å². The van der Waals surface area contributed by atoms with Gasteiger partial charge >= 0.3 is 0 Å². The normalized spacial score (nSPS) is 15.9. The van der Waals surface area contributed by atoms with Crippen LogP contribution in [0.1, 0.15) is 12.8 Å². The van der Waals surface area contributed by atoms with Gasteiger partial charge in [-0.2, -0.15) is 0 Å². The second-order valence-electron chi connectivity index (χ2n) is 7.04. The summed E-state index contributed by atoms with van der Waals surface area (Å²) >= 11 is 0. The monoisotopic (exact) mass is 385 g/mol. The van der Waals surface area contributed by atoms with Gasteiger partial charge in [-0.05, 0) is 68.2 Å². The van der Waals surface area contributed by atoms with E-state index in [9.17, 15) is 8.42 Å². The summed E-state index contributed by atoms with van der Waals surface area (Å²) < 4.78 is 31.3. The molecule has 0 atom stereocenters. The summed E-state index contributed by atoms with van der Waals surface area (Å²) in [5, 5.41) is 4.22. The standard InChI is InChI=1S/C20H23N3O3S/c1-27(24,25)18-3-4-19-16(12-18)8-11-23(19)20-5-2-17(13-22-20)26-14-15-6-9-21-10-7-15/h2-5,8,11-13,15,21H,6-7,9-10,14H2,1H3. The molecule has 2 aromatic heterocycles. The van der Waals surface area contributed by atoms with Crippen LogP contribution >= 0.6 is 0 Å². The Hall–Kier alpha value is -2.38. The van der Waals surface area contributed by atoms with Gasteiger partial charge in [-0.3, -0.25) is 0 Å². The smallest absolute Gasteiger partial charge is 0.175 e. The van der Waals surface area contributed by atoms with Crippen LogP contribution in [0.5, 0.6) is 5.75 Å². The SMILES string of the molecule is CS(=O)(=O)c1ccc2c(ccn2-c2ccc(OCC3CCNCC3)cn2)c1. The summed E-state index contributed by atoms with van der Waals surface area (Å²) in [5.41, 5.74) is 0.915. The third-order valence-corrected chi connectivity index (χ3v) is 6.11. The van der Waals surface area contributed by atoms with Gasteiger partial charge in [0.2, 0.25) is 0 Å². The van der Waals surface area contributed by atoms with Crippen molar-refractivity contribution in [3.8, 4) is 11.6 Å². The van der Waals surface area contributed by atoms with Crippen LogP contribution < -0.4 is 10.1 Å². The van der Waals surface area contributed by atoms with Crippen molar-refractivity contribution in [2.75, 3.05) is 26.0 Å². The molecule has 0 aliphatic carbocycles. The van der Waals surface area contributed by atoms with Crippen LogP contribution in [0.2, 0.25) is 0 Å². The van der Waals surface area contributed by atoms with Gasteiger partial charge in [0.1, 0.15) is 11.6 Å². The fourth-order valence-corrected chi connectivity index (χ4v) is 4.07. The Morgan fingerprint density at radius 1 is 1.19 bits per heavy atom. The summed E-state index contributed by atoms with van der Waals surface area (Å²) in [5.74, 6) is 2.14. The first-order valence-electron chi connectivity index (χ1n) is 9.12. The van der Waals surface area contributed by atoms with Crippen molar-refractivity contribution in [3.63, 3.8) is 0 Å².